The molecule has 0 spiro atoms. The van der Waals surface area contributed by atoms with Gasteiger partial charge in [-0.2, -0.15) is 0 Å². The average molecular weight is 480 g/mol. The minimum absolute atomic E-state index is 0.190. The molecule has 0 aliphatic carbocycles. The Morgan fingerprint density at radius 1 is 1.00 bits per heavy atom. The quantitative estimate of drug-likeness (QED) is 0.252. The van der Waals surface area contributed by atoms with E-state index in [-0.39, 0.29) is 28.3 Å². The van der Waals surface area contributed by atoms with Crippen LogP contribution < -0.4 is 9.47 Å². The van der Waals surface area contributed by atoms with Crippen LogP contribution in [0.15, 0.2) is 77.7 Å². The maximum atomic E-state index is 12.8. The molecule has 0 aromatic heterocycles. The van der Waals surface area contributed by atoms with Crippen LogP contribution in [0.1, 0.15) is 21.5 Å². The third-order valence-electron chi connectivity index (χ3n) is 4.83. The first-order valence-corrected chi connectivity index (χ1v) is 11.1. The first kappa shape index (κ1) is 22.6. The standard InChI is InChI=1S/C25H18ClNO5S/c1-31-20-12-7-17(13-21(20)32-24(29)18-8-10-19(26)11-9-18)14-22-23(28)27(25(30)33-22)15-16-5-3-2-4-6-16/h2-14H,15H2,1H3/b22-14-. The molecule has 1 fully saturated rings. The Balaban J connectivity index is 1.55. The average Bonchev–Trinajstić information content (AvgIpc) is 3.07. The number of benzene rings is 3. The second-order valence-electron chi connectivity index (χ2n) is 7.06. The van der Waals surface area contributed by atoms with Gasteiger partial charge < -0.3 is 9.47 Å². The molecule has 33 heavy (non-hydrogen) atoms. The van der Waals surface area contributed by atoms with Gasteiger partial charge in [-0.25, -0.2) is 4.79 Å². The highest BCUT2D eigenvalue weighted by molar-refractivity contribution is 8.18. The van der Waals surface area contributed by atoms with Gasteiger partial charge in [0.15, 0.2) is 11.5 Å². The van der Waals surface area contributed by atoms with Gasteiger partial charge in [-0.1, -0.05) is 48.0 Å². The third kappa shape index (κ3) is 5.27. The van der Waals surface area contributed by atoms with Crippen molar-refractivity contribution in [3.63, 3.8) is 0 Å². The van der Waals surface area contributed by atoms with Gasteiger partial charge >= 0.3 is 5.97 Å². The maximum absolute atomic E-state index is 12.8. The van der Waals surface area contributed by atoms with Crippen molar-refractivity contribution in [2.75, 3.05) is 7.11 Å². The van der Waals surface area contributed by atoms with Crippen molar-refractivity contribution in [1.82, 2.24) is 4.90 Å². The summed E-state index contributed by atoms with van der Waals surface area (Å²) in [4.78, 5) is 39.2. The summed E-state index contributed by atoms with van der Waals surface area (Å²) in [5.74, 6) is -0.406. The number of halogens is 1. The lowest BCUT2D eigenvalue weighted by atomic mass is 10.1. The predicted octanol–water partition coefficient (Wildman–Crippen LogP) is 5.80. The summed E-state index contributed by atoms with van der Waals surface area (Å²) in [5, 5.41) is 0.172. The zero-order valence-electron chi connectivity index (χ0n) is 17.5. The number of imide groups is 1. The Bertz CT molecular complexity index is 1240. The number of hydrogen-bond acceptors (Lipinski definition) is 6. The molecule has 3 aromatic rings. The van der Waals surface area contributed by atoms with E-state index in [1.54, 1.807) is 48.5 Å². The molecule has 0 atom stereocenters. The second kappa shape index (κ2) is 9.94. The molecule has 1 aliphatic heterocycles. The zero-order chi connectivity index (χ0) is 23.4. The van der Waals surface area contributed by atoms with Crippen LogP contribution in [0.4, 0.5) is 4.79 Å². The third-order valence-corrected chi connectivity index (χ3v) is 5.98. The molecular formula is C25H18ClNO5S. The molecule has 0 N–H and O–H groups in total. The highest BCUT2D eigenvalue weighted by Crippen LogP contribution is 2.35. The zero-order valence-corrected chi connectivity index (χ0v) is 19.1. The monoisotopic (exact) mass is 479 g/mol. The maximum Gasteiger partial charge on any atom is 0.343 e. The molecule has 2 amide bonds. The van der Waals surface area contributed by atoms with Crippen molar-refractivity contribution in [1.29, 1.82) is 0 Å². The summed E-state index contributed by atoms with van der Waals surface area (Å²) < 4.78 is 10.8. The van der Waals surface area contributed by atoms with Gasteiger partial charge in [-0.3, -0.25) is 14.5 Å². The van der Waals surface area contributed by atoms with Crippen LogP contribution >= 0.6 is 23.4 Å². The summed E-state index contributed by atoms with van der Waals surface area (Å²) in [7, 11) is 1.46. The highest BCUT2D eigenvalue weighted by atomic mass is 35.5. The Morgan fingerprint density at radius 2 is 1.73 bits per heavy atom. The summed E-state index contributed by atoms with van der Waals surface area (Å²) in [6.45, 7) is 0.204. The number of methoxy groups -OCH3 is 1. The largest absolute Gasteiger partial charge is 0.493 e. The van der Waals surface area contributed by atoms with E-state index in [0.29, 0.717) is 21.9 Å². The minimum Gasteiger partial charge on any atom is -0.493 e. The fourth-order valence-electron chi connectivity index (χ4n) is 3.16. The van der Waals surface area contributed by atoms with Crippen LogP contribution in [-0.4, -0.2) is 29.1 Å². The van der Waals surface area contributed by atoms with Gasteiger partial charge in [0, 0.05) is 5.02 Å². The fraction of sp³-hybridized carbons (Fsp3) is 0.0800. The minimum atomic E-state index is -0.578. The van der Waals surface area contributed by atoms with E-state index in [1.165, 1.54) is 12.0 Å². The van der Waals surface area contributed by atoms with Crippen LogP contribution in [0, 0.1) is 0 Å². The van der Waals surface area contributed by atoms with Crippen molar-refractivity contribution in [2.45, 2.75) is 6.54 Å². The van der Waals surface area contributed by atoms with Crippen LogP contribution in [0.25, 0.3) is 6.08 Å². The molecule has 166 valence electrons. The molecule has 1 saturated heterocycles. The topological polar surface area (TPSA) is 72.9 Å². The second-order valence-corrected chi connectivity index (χ2v) is 8.49. The van der Waals surface area contributed by atoms with Crippen molar-refractivity contribution >= 4 is 46.6 Å². The number of carbonyl (C=O) groups excluding carboxylic acids is 3. The van der Waals surface area contributed by atoms with Crippen molar-refractivity contribution < 1.29 is 23.9 Å². The number of thioether (sulfide) groups is 1. The first-order chi connectivity index (χ1) is 15.9. The number of esters is 1. The van der Waals surface area contributed by atoms with E-state index in [2.05, 4.69) is 0 Å². The molecular weight excluding hydrogens is 462 g/mol. The van der Waals surface area contributed by atoms with E-state index in [0.717, 1.165) is 17.3 Å². The summed E-state index contributed by atoms with van der Waals surface area (Å²) in [5.41, 5.74) is 1.77. The van der Waals surface area contributed by atoms with E-state index >= 15 is 0 Å². The van der Waals surface area contributed by atoms with Crippen LogP contribution in [0.3, 0.4) is 0 Å². The van der Waals surface area contributed by atoms with Crippen LogP contribution in [0.2, 0.25) is 5.02 Å². The number of rotatable bonds is 6. The lowest BCUT2D eigenvalue weighted by Crippen LogP contribution is -2.27. The molecule has 0 bridgehead atoms. The molecule has 0 radical (unpaired) electrons. The van der Waals surface area contributed by atoms with Gasteiger partial charge in [-0.05, 0) is 65.4 Å². The normalized spacial score (nSPS) is 14.6. The van der Waals surface area contributed by atoms with Crippen molar-refractivity contribution in [3.05, 3.63) is 99.4 Å². The number of nitrogens with zero attached hydrogens (tertiary/aromatic N) is 1. The molecule has 0 saturated carbocycles. The smallest absolute Gasteiger partial charge is 0.343 e. The Hall–Kier alpha value is -3.55. The Kier molecular flexibility index (Phi) is 6.82. The molecule has 0 unspecified atom stereocenters. The predicted molar refractivity (Wildman–Crippen MR) is 127 cm³/mol. The van der Waals surface area contributed by atoms with E-state index in [1.807, 2.05) is 30.3 Å². The van der Waals surface area contributed by atoms with Crippen molar-refractivity contribution in [2.24, 2.45) is 0 Å². The van der Waals surface area contributed by atoms with Gasteiger partial charge in [0.1, 0.15) is 0 Å². The lowest BCUT2D eigenvalue weighted by molar-refractivity contribution is -0.123. The first-order valence-electron chi connectivity index (χ1n) is 9.89. The molecule has 4 rings (SSSR count). The van der Waals surface area contributed by atoms with Crippen LogP contribution in [0.5, 0.6) is 11.5 Å². The van der Waals surface area contributed by atoms with E-state index in [9.17, 15) is 14.4 Å². The molecule has 6 nitrogen and oxygen atoms in total. The number of carbonyl (C=O) groups is 3. The van der Waals surface area contributed by atoms with Gasteiger partial charge in [0.05, 0.1) is 24.1 Å². The van der Waals surface area contributed by atoms with Gasteiger partial charge in [0.25, 0.3) is 11.1 Å². The molecule has 1 heterocycles. The molecule has 3 aromatic carbocycles. The Labute approximate surface area is 199 Å². The summed E-state index contributed by atoms with van der Waals surface area (Å²) >= 11 is 6.74. The molecule has 1 aliphatic rings. The van der Waals surface area contributed by atoms with Crippen LogP contribution in [-0.2, 0) is 11.3 Å². The number of hydrogen-bond donors (Lipinski definition) is 0. The number of amides is 2. The fourth-order valence-corrected chi connectivity index (χ4v) is 4.13. The van der Waals surface area contributed by atoms with Gasteiger partial charge in [-0.15, -0.1) is 0 Å². The van der Waals surface area contributed by atoms with E-state index in [4.69, 9.17) is 21.1 Å². The van der Waals surface area contributed by atoms with E-state index < -0.39 is 5.97 Å². The highest BCUT2D eigenvalue weighted by Gasteiger charge is 2.35. The summed E-state index contributed by atoms with van der Waals surface area (Å²) in [6, 6.07) is 20.5. The summed E-state index contributed by atoms with van der Waals surface area (Å²) in [6.07, 6.45) is 1.59. The lowest BCUT2D eigenvalue weighted by Gasteiger charge is -2.12. The number of ether oxygens (including phenoxy) is 2. The van der Waals surface area contributed by atoms with Crippen molar-refractivity contribution in [3.8, 4) is 11.5 Å². The SMILES string of the molecule is COc1ccc(/C=C2\SC(=O)N(Cc3ccccc3)C2=O)cc1OC(=O)c1ccc(Cl)cc1. The molecule has 8 heteroatoms. The Morgan fingerprint density at radius 3 is 2.42 bits per heavy atom. The van der Waals surface area contributed by atoms with Gasteiger partial charge in [0.2, 0.25) is 0 Å².